The van der Waals surface area contributed by atoms with E-state index in [9.17, 15) is 0 Å². The molecule has 0 aromatic carbocycles. The Kier molecular flexibility index (Phi) is 5.73. The zero-order chi connectivity index (χ0) is 5.82. The van der Waals surface area contributed by atoms with Gasteiger partial charge in [-0.2, -0.15) is 6.07 Å². The van der Waals surface area contributed by atoms with E-state index in [4.69, 9.17) is 0 Å². The van der Waals surface area contributed by atoms with Gasteiger partial charge in [-0.05, 0) is 0 Å². The van der Waals surface area contributed by atoms with Crippen LogP contribution in [-0.2, 0) is 0 Å². The van der Waals surface area contributed by atoms with E-state index in [2.05, 4.69) is 16.4 Å². The Morgan fingerprint density at radius 2 is 2.44 bits per heavy atom. The molecule has 1 heterocycles. The smallest absolute Gasteiger partial charge is 0.388 e. The van der Waals surface area contributed by atoms with Crippen molar-refractivity contribution in [2.45, 2.75) is 0 Å². The summed E-state index contributed by atoms with van der Waals surface area (Å²) < 4.78 is 0. The van der Waals surface area contributed by atoms with Crippen molar-refractivity contribution in [2.24, 2.45) is 0 Å². The largest absolute Gasteiger partial charge is 1.00 e. The second-order valence-corrected chi connectivity index (χ2v) is 1.39. The molecule has 0 amide bonds. The molecule has 0 radical (unpaired) electrons. The van der Waals surface area contributed by atoms with Crippen LogP contribution in [0.15, 0.2) is 18.3 Å². The number of rotatable bonds is 1. The quantitative estimate of drug-likeness (QED) is 0.364. The van der Waals surface area contributed by atoms with Crippen LogP contribution in [-0.4, -0.2) is 12.0 Å². The zero-order valence-corrected chi connectivity index (χ0v) is 8.80. The molecule has 0 bridgehead atoms. The van der Waals surface area contributed by atoms with Gasteiger partial charge >= 0.3 is 51.4 Å². The molecule has 0 aliphatic heterocycles. The van der Waals surface area contributed by atoms with Crippen molar-refractivity contribution in [2.75, 3.05) is 12.4 Å². The maximum atomic E-state index is 3.93. The second kappa shape index (κ2) is 5.38. The fourth-order valence-corrected chi connectivity index (χ4v) is 0.468. The summed E-state index contributed by atoms with van der Waals surface area (Å²) in [4.78, 5) is 3.93. The Morgan fingerprint density at radius 3 is 2.78 bits per heavy atom. The van der Waals surface area contributed by atoms with Crippen LogP contribution in [0.4, 0.5) is 5.82 Å². The van der Waals surface area contributed by atoms with Gasteiger partial charge in [0.2, 0.25) is 0 Å². The van der Waals surface area contributed by atoms with E-state index >= 15 is 0 Å². The Labute approximate surface area is 97.5 Å². The average molecular weight is 146 g/mol. The molecule has 1 aromatic rings. The van der Waals surface area contributed by atoms with Gasteiger partial charge in [0.25, 0.3) is 0 Å². The Morgan fingerprint density at radius 1 is 1.67 bits per heavy atom. The van der Waals surface area contributed by atoms with Gasteiger partial charge in [0.05, 0.1) is 0 Å². The average Bonchev–Trinajstić information content (AvgIpc) is 1.90. The number of nitrogens with one attached hydrogen (secondary N) is 1. The molecule has 1 rings (SSSR count). The van der Waals surface area contributed by atoms with Gasteiger partial charge in [-0.15, -0.1) is 0 Å². The second-order valence-electron chi connectivity index (χ2n) is 1.39. The summed E-state index contributed by atoms with van der Waals surface area (Å²) in [5.74, 6) is 0.878. The molecule has 0 unspecified atom stereocenters. The van der Waals surface area contributed by atoms with Crippen LogP contribution in [0.3, 0.4) is 0 Å². The Balaban J connectivity index is 0.000000640. The first-order valence-corrected chi connectivity index (χ1v) is 2.43. The third-order valence-corrected chi connectivity index (χ3v) is 0.872. The van der Waals surface area contributed by atoms with Crippen molar-refractivity contribution in [3.8, 4) is 0 Å². The van der Waals surface area contributed by atoms with Gasteiger partial charge in [0.1, 0.15) is 0 Å². The van der Waals surface area contributed by atoms with Crippen molar-refractivity contribution >= 4 is 5.82 Å². The van der Waals surface area contributed by atoms with Crippen LogP contribution < -0.4 is 56.7 Å². The van der Waals surface area contributed by atoms with Crippen LogP contribution in [0.2, 0.25) is 0 Å². The van der Waals surface area contributed by atoms with Crippen LogP contribution in [0, 0.1) is 6.07 Å². The summed E-state index contributed by atoms with van der Waals surface area (Å²) in [6.45, 7) is 0. The molecule has 42 valence electrons. The number of nitrogens with zero attached hydrogens (tertiary/aromatic N) is 1. The zero-order valence-electron chi connectivity index (χ0n) is 5.68. The van der Waals surface area contributed by atoms with Crippen molar-refractivity contribution in [3.63, 3.8) is 0 Å². The Hall–Kier alpha value is 0.586. The van der Waals surface area contributed by atoms with Gasteiger partial charge in [0.15, 0.2) is 0 Å². The molecule has 0 spiro atoms. The summed E-state index contributed by atoms with van der Waals surface area (Å²) in [7, 11) is 1.84. The van der Waals surface area contributed by atoms with Gasteiger partial charge in [-0.3, -0.25) is 4.98 Å². The number of aromatic nitrogens is 1. The third kappa shape index (κ3) is 3.32. The van der Waals surface area contributed by atoms with Crippen molar-refractivity contribution in [1.82, 2.24) is 4.98 Å². The fraction of sp³-hybridized carbons (Fsp3) is 0.167. The molecule has 0 atom stereocenters. The molecule has 1 aromatic heterocycles. The maximum Gasteiger partial charge on any atom is 1.00 e. The van der Waals surface area contributed by atoms with E-state index in [0.717, 1.165) is 5.82 Å². The molecule has 1 N–H and O–H groups in total. The van der Waals surface area contributed by atoms with Gasteiger partial charge in [-0.25, -0.2) is 12.1 Å². The summed E-state index contributed by atoms with van der Waals surface area (Å²) in [6, 6.07) is 6.50. The number of hydrogen-bond donors (Lipinski definition) is 1. The molecule has 0 aliphatic rings. The first-order valence-electron chi connectivity index (χ1n) is 2.43. The minimum atomic E-state index is 0. The normalized spacial score (nSPS) is 7.67. The first kappa shape index (κ1) is 9.59. The maximum absolute atomic E-state index is 3.93. The minimum Gasteiger partial charge on any atom is -0.388 e. The predicted molar refractivity (Wildman–Crippen MR) is 32.6 cm³/mol. The summed E-state index contributed by atoms with van der Waals surface area (Å²) in [5.41, 5.74) is 0. The molecule has 0 saturated carbocycles. The molecular formula is C6H7KN2. The monoisotopic (exact) mass is 146 g/mol. The van der Waals surface area contributed by atoms with Gasteiger partial charge in [0, 0.05) is 12.9 Å². The summed E-state index contributed by atoms with van der Waals surface area (Å²) in [6.07, 6.45) is 1.63. The van der Waals surface area contributed by atoms with E-state index in [1.165, 1.54) is 0 Å². The van der Waals surface area contributed by atoms with Crippen molar-refractivity contribution in [1.29, 1.82) is 0 Å². The van der Waals surface area contributed by atoms with E-state index < -0.39 is 0 Å². The van der Waals surface area contributed by atoms with Crippen LogP contribution in [0.1, 0.15) is 0 Å². The number of hydrogen-bond acceptors (Lipinski definition) is 2. The SMILES string of the molecule is CNc1cc[c-]cn1.[K+]. The Bertz CT molecular complexity index is 152. The van der Waals surface area contributed by atoms with Crippen LogP contribution in [0.25, 0.3) is 0 Å². The molecule has 2 nitrogen and oxygen atoms in total. The predicted octanol–water partition coefficient (Wildman–Crippen LogP) is -2.07. The van der Waals surface area contributed by atoms with E-state index in [-0.39, 0.29) is 51.4 Å². The van der Waals surface area contributed by atoms with Crippen LogP contribution in [0.5, 0.6) is 0 Å². The molecule has 0 fully saturated rings. The van der Waals surface area contributed by atoms with Gasteiger partial charge < -0.3 is 5.32 Å². The number of pyridine rings is 1. The van der Waals surface area contributed by atoms with Crippen molar-refractivity contribution in [3.05, 3.63) is 24.4 Å². The standard InChI is InChI=1S/C6H7N2.K/c1-7-6-4-2-3-5-8-6;/h2,4-5H,1H3,(H,7,8);/q-1;+1. The summed E-state index contributed by atoms with van der Waals surface area (Å²) in [5, 5.41) is 2.90. The molecule has 0 aliphatic carbocycles. The van der Waals surface area contributed by atoms with Crippen molar-refractivity contribution < 1.29 is 51.4 Å². The van der Waals surface area contributed by atoms with Gasteiger partial charge in [-0.1, -0.05) is 6.20 Å². The minimum absolute atomic E-state index is 0. The fourth-order valence-electron chi connectivity index (χ4n) is 0.468. The number of anilines is 1. The van der Waals surface area contributed by atoms with E-state index in [0.29, 0.717) is 0 Å². The third-order valence-electron chi connectivity index (χ3n) is 0.872. The topological polar surface area (TPSA) is 24.9 Å². The van der Waals surface area contributed by atoms with Crippen LogP contribution >= 0.6 is 0 Å². The van der Waals surface area contributed by atoms with E-state index in [1.807, 2.05) is 19.2 Å². The first-order chi connectivity index (χ1) is 3.93. The molecular weight excluding hydrogens is 139 g/mol. The molecule has 0 saturated heterocycles. The molecule has 3 heteroatoms. The summed E-state index contributed by atoms with van der Waals surface area (Å²) >= 11 is 0. The molecule has 9 heavy (non-hydrogen) atoms. The van der Waals surface area contributed by atoms with E-state index in [1.54, 1.807) is 6.20 Å².